The van der Waals surface area contributed by atoms with Crippen LogP contribution in [-0.2, 0) is 4.74 Å². The molecule has 1 aromatic carbocycles. The minimum absolute atomic E-state index is 0. The number of hydrogen-bond acceptors (Lipinski definition) is 3. The Morgan fingerprint density at radius 3 is 2.37 bits per heavy atom. The van der Waals surface area contributed by atoms with Gasteiger partial charge in [-0.25, -0.2) is 0 Å². The molecule has 1 aliphatic heterocycles. The van der Waals surface area contributed by atoms with E-state index in [9.17, 15) is 0 Å². The summed E-state index contributed by atoms with van der Waals surface area (Å²) in [5, 5.41) is 0. The number of anilines is 1. The van der Waals surface area contributed by atoms with E-state index in [0.29, 0.717) is 5.41 Å². The third-order valence-corrected chi connectivity index (χ3v) is 6.21. The standard InChI is InChI=1S/C23H36N2O.ClH/c1-23(2,3)20-11-9-19(10-12-20)21-7-5-6-8-22(21)25-15-13-24(14-16-25)17-18-26-4;/h5-9,20H,10-18H2,1-4H3;1H. The van der Waals surface area contributed by atoms with Crippen LogP contribution in [0.1, 0.15) is 45.6 Å². The van der Waals surface area contributed by atoms with Crippen molar-refractivity contribution in [2.45, 2.75) is 40.0 Å². The summed E-state index contributed by atoms with van der Waals surface area (Å²) < 4.78 is 5.22. The lowest BCUT2D eigenvalue weighted by molar-refractivity contribution is 0.144. The van der Waals surface area contributed by atoms with Gasteiger partial charge in [0, 0.05) is 51.1 Å². The highest BCUT2D eigenvalue weighted by Crippen LogP contribution is 2.41. The fourth-order valence-electron chi connectivity index (χ4n) is 4.32. The summed E-state index contributed by atoms with van der Waals surface area (Å²) in [7, 11) is 1.79. The Kier molecular flexibility index (Phi) is 8.20. The number of nitrogens with zero attached hydrogens (tertiary/aromatic N) is 2. The quantitative estimate of drug-likeness (QED) is 0.692. The van der Waals surface area contributed by atoms with Crippen molar-refractivity contribution >= 4 is 23.7 Å². The summed E-state index contributed by atoms with van der Waals surface area (Å²) in [6.45, 7) is 13.5. The zero-order valence-electron chi connectivity index (χ0n) is 17.5. The Morgan fingerprint density at radius 1 is 1.07 bits per heavy atom. The SMILES string of the molecule is COCCN1CCN(c2ccccc2C2=CCC(C(C)(C)C)CC2)CC1.Cl. The second-order valence-corrected chi connectivity index (χ2v) is 8.91. The van der Waals surface area contributed by atoms with E-state index in [0.717, 1.165) is 45.2 Å². The molecule has 1 unspecified atom stereocenters. The van der Waals surface area contributed by atoms with Gasteiger partial charge in [-0.1, -0.05) is 45.0 Å². The number of hydrogen-bond donors (Lipinski definition) is 0. The zero-order chi connectivity index (χ0) is 18.6. The normalized spacial score (nSPS) is 21.6. The maximum atomic E-state index is 5.22. The maximum absolute atomic E-state index is 5.22. The lowest BCUT2D eigenvalue weighted by atomic mass is 9.72. The third-order valence-electron chi connectivity index (χ3n) is 6.21. The van der Waals surface area contributed by atoms with Crippen molar-refractivity contribution in [1.82, 2.24) is 4.90 Å². The van der Waals surface area contributed by atoms with Gasteiger partial charge in [0.1, 0.15) is 0 Å². The fourth-order valence-corrected chi connectivity index (χ4v) is 4.32. The van der Waals surface area contributed by atoms with Crippen LogP contribution >= 0.6 is 12.4 Å². The van der Waals surface area contributed by atoms with Crippen molar-refractivity contribution in [1.29, 1.82) is 0 Å². The molecular formula is C23H37ClN2O. The van der Waals surface area contributed by atoms with E-state index < -0.39 is 0 Å². The van der Waals surface area contributed by atoms with E-state index in [-0.39, 0.29) is 12.4 Å². The van der Waals surface area contributed by atoms with Crippen LogP contribution in [0.15, 0.2) is 30.3 Å². The van der Waals surface area contributed by atoms with Gasteiger partial charge in [-0.15, -0.1) is 12.4 Å². The van der Waals surface area contributed by atoms with Crippen molar-refractivity contribution in [3.8, 4) is 0 Å². The average Bonchev–Trinajstić information content (AvgIpc) is 2.66. The van der Waals surface area contributed by atoms with Gasteiger partial charge < -0.3 is 9.64 Å². The molecule has 1 saturated heterocycles. The number of allylic oxidation sites excluding steroid dienone is 2. The number of methoxy groups -OCH3 is 1. The zero-order valence-corrected chi connectivity index (χ0v) is 18.4. The Bertz CT molecular complexity index is 615. The van der Waals surface area contributed by atoms with Crippen LogP contribution in [0.2, 0.25) is 0 Å². The minimum Gasteiger partial charge on any atom is -0.383 e. The molecule has 0 saturated carbocycles. The molecule has 2 aliphatic rings. The first-order chi connectivity index (χ1) is 12.5. The molecule has 0 aromatic heterocycles. The molecule has 0 radical (unpaired) electrons. The Hall–Kier alpha value is -1.03. The van der Waals surface area contributed by atoms with Crippen LogP contribution in [0.5, 0.6) is 0 Å². The highest BCUT2D eigenvalue weighted by atomic mass is 35.5. The molecule has 0 amide bonds. The summed E-state index contributed by atoms with van der Waals surface area (Å²) >= 11 is 0. The van der Waals surface area contributed by atoms with Crippen LogP contribution in [0.25, 0.3) is 5.57 Å². The number of benzene rings is 1. The molecule has 4 heteroatoms. The molecule has 1 fully saturated rings. The average molecular weight is 393 g/mol. The molecule has 0 N–H and O–H groups in total. The number of rotatable bonds is 5. The van der Waals surface area contributed by atoms with Gasteiger partial charge in [-0.2, -0.15) is 0 Å². The first-order valence-corrected chi connectivity index (χ1v) is 10.2. The van der Waals surface area contributed by atoms with Crippen molar-refractivity contribution in [2.75, 3.05) is 51.3 Å². The molecule has 152 valence electrons. The molecule has 3 nitrogen and oxygen atoms in total. The van der Waals surface area contributed by atoms with E-state index in [1.807, 2.05) is 0 Å². The van der Waals surface area contributed by atoms with Gasteiger partial charge >= 0.3 is 0 Å². The summed E-state index contributed by atoms with van der Waals surface area (Å²) in [4.78, 5) is 5.09. The molecule has 1 atom stereocenters. The van der Waals surface area contributed by atoms with E-state index in [1.165, 1.54) is 30.5 Å². The highest BCUT2D eigenvalue weighted by Gasteiger charge is 2.27. The van der Waals surface area contributed by atoms with Crippen LogP contribution in [0.4, 0.5) is 5.69 Å². The highest BCUT2D eigenvalue weighted by molar-refractivity contribution is 5.85. The lowest BCUT2D eigenvalue weighted by Crippen LogP contribution is -2.47. The van der Waals surface area contributed by atoms with E-state index in [1.54, 1.807) is 12.7 Å². The van der Waals surface area contributed by atoms with Gasteiger partial charge in [-0.3, -0.25) is 4.90 Å². The number of halogens is 1. The molecule has 1 aliphatic carbocycles. The molecule has 1 aromatic rings. The number of ether oxygens (including phenoxy) is 1. The Morgan fingerprint density at radius 2 is 1.78 bits per heavy atom. The smallest absolute Gasteiger partial charge is 0.0589 e. The van der Waals surface area contributed by atoms with Crippen LogP contribution < -0.4 is 4.90 Å². The van der Waals surface area contributed by atoms with Crippen molar-refractivity contribution in [3.05, 3.63) is 35.9 Å². The van der Waals surface area contributed by atoms with Gasteiger partial charge in [0.15, 0.2) is 0 Å². The number of para-hydroxylation sites is 1. The second kappa shape index (κ2) is 9.95. The van der Waals surface area contributed by atoms with Crippen LogP contribution in [0, 0.1) is 11.3 Å². The summed E-state index contributed by atoms with van der Waals surface area (Å²) in [5.41, 5.74) is 4.87. The topological polar surface area (TPSA) is 15.7 Å². The summed E-state index contributed by atoms with van der Waals surface area (Å²) in [5.74, 6) is 0.808. The van der Waals surface area contributed by atoms with Gasteiger partial charge in [0.05, 0.1) is 6.61 Å². The predicted molar refractivity (Wildman–Crippen MR) is 119 cm³/mol. The second-order valence-electron chi connectivity index (χ2n) is 8.91. The monoisotopic (exact) mass is 392 g/mol. The van der Waals surface area contributed by atoms with E-state index in [4.69, 9.17) is 4.74 Å². The molecule has 27 heavy (non-hydrogen) atoms. The summed E-state index contributed by atoms with van der Waals surface area (Å²) in [6.07, 6.45) is 6.27. The maximum Gasteiger partial charge on any atom is 0.0589 e. The Balaban J connectivity index is 0.00000261. The van der Waals surface area contributed by atoms with Crippen LogP contribution in [-0.4, -0.2) is 51.3 Å². The third kappa shape index (κ3) is 5.73. The Labute approximate surface area is 172 Å². The predicted octanol–water partition coefficient (Wildman–Crippen LogP) is 5.11. The largest absolute Gasteiger partial charge is 0.383 e. The molecule has 0 bridgehead atoms. The van der Waals surface area contributed by atoms with Gasteiger partial charge in [0.25, 0.3) is 0 Å². The fraction of sp³-hybridized carbons (Fsp3) is 0.652. The van der Waals surface area contributed by atoms with Crippen molar-refractivity contribution < 1.29 is 4.74 Å². The molecule has 1 heterocycles. The van der Waals surface area contributed by atoms with Gasteiger partial charge in [-0.05, 0) is 42.2 Å². The first kappa shape index (κ1) is 22.3. The summed E-state index contributed by atoms with van der Waals surface area (Å²) in [6, 6.07) is 9.04. The molecule has 3 rings (SSSR count). The van der Waals surface area contributed by atoms with E-state index in [2.05, 4.69) is 60.9 Å². The lowest BCUT2D eigenvalue weighted by Gasteiger charge is -2.38. The van der Waals surface area contributed by atoms with Crippen LogP contribution in [0.3, 0.4) is 0 Å². The van der Waals surface area contributed by atoms with Crippen molar-refractivity contribution in [3.63, 3.8) is 0 Å². The van der Waals surface area contributed by atoms with Gasteiger partial charge in [0.2, 0.25) is 0 Å². The van der Waals surface area contributed by atoms with Crippen molar-refractivity contribution in [2.24, 2.45) is 11.3 Å². The first-order valence-electron chi connectivity index (χ1n) is 10.2. The number of piperazine rings is 1. The van der Waals surface area contributed by atoms with E-state index >= 15 is 0 Å². The minimum atomic E-state index is 0. The molecular weight excluding hydrogens is 356 g/mol. The molecule has 0 spiro atoms.